The fourth-order valence-corrected chi connectivity index (χ4v) is 2.31. The molecule has 0 aromatic carbocycles. The van der Waals surface area contributed by atoms with Crippen molar-refractivity contribution in [3.8, 4) is 0 Å². The minimum absolute atomic E-state index is 0.157. The Bertz CT molecular complexity index is 577. The molecule has 0 unspecified atom stereocenters. The summed E-state index contributed by atoms with van der Waals surface area (Å²) in [6, 6.07) is 0. The van der Waals surface area contributed by atoms with E-state index in [9.17, 15) is 25.0 Å². The molecule has 0 N–H and O–H groups in total. The average Bonchev–Trinajstić information content (AvgIpc) is 2.63. The molecule has 27 heavy (non-hydrogen) atoms. The number of carbonyl (C=O) groups excluding carboxylic acids is 1. The van der Waals surface area contributed by atoms with Gasteiger partial charge in [0.1, 0.15) is 6.42 Å². The molecule has 149 valence electrons. The zero-order valence-corrected chi connectivity index (χ0v) is 16.0. The smallest absolute Gasteiger partial charge is 0.253 e. The first kappa shape index (κ1) is 24.4. The molecule has 7 heteroatoms. The van der Waals surface area contributed by atoms with Gasteiger partial charge in [0.2, 0.25) is 0 Å². The maximum absolute atomic E-state index is 11.1. The summed E-state index contributed by atoms with van der Waals surface area (Å²) in [5, 5.41) is 22.2. The molecule has 0 amide bonds. The summed E-state index contributed by atoms with van der Waals surface area (Å²) >= 11 is 0. The third kappa shape index (κ3) is 14.3. The Kier molecular flexibility index (Phi) is 15.3. The lowest BCUT2D eigenvalue weighted by atomic mass is 10.1. The highest BCUT2D eigenvalue weighted by Gasteiger charge is 2.20. The first-order chi connectivity index (χ1) is 13.0. The van der Waals surface area contributed by atoms with Gasteiger partial charge in [-0.1, -0.05) is 44.1 Å². The van der Waals surface area contributed by atoms with Crippen molar-refractivity contribution in [3.63, 3.8) is 0 Å². The van der Waals surface area contributed by atoms with Crippen molar-refractivity contribution in [2.45, 2.75) is 71.1 Å². The van der Waals surface area contributed by atoms with Gasteiger partial charge in [-0.3, -0.25) is 25.0 Å². The number of allylic oxidation sites excluding steroid dienone is 6. The van der Waals surface area contributed by atoms with E-state index in [1.165, 1.54) is 12.2 Å². The second-order valence-electron chi connectivity index (χ2n) is 6.00. The fraction of sp³-hybridized carbons (Fsp3) is 0.550. The zero-order valence-electron chi connectivity index (χ0n) is 16.0. The minimum atomic E-state index is -0.560. The molecule has 0 aliphatic rings. The Morgan fingerprint density at radius 3 is 1.93 bits per heavy atom. The molecule has 0 heterocycles. The van der Waals surface area contributed by atoms with Gasteiger partial charge >= 0.3 is 0 Å². The highest BCUT2D eigenvalue weighted by molar-refractivity contribution is 5.50. The second-order valence-corrected chi connectivity index (χ2v) is 6.00. The van der Waals surface area contributed by atoms with Crippen LogP contribution in [0, 0.1) is 20.2 Å². The van der Waals surface area contributed by atoms with Gasteiger partial charge in [0, 0.05) is 6.42 Å². The summed E-state index contributed by atoms with van der Waals surface area (Å²) in [5.74, 6) is 0. The number of unbranched alkanes of at least 4 members (excludes halogenated alkanes) is 5. The number of rotatable bonds is 16. The zero-order chi connectivity index (χ0) is 20.3. The standard InChI is InChI=1S/C20H29N2O5/c1-2-3-4-12-15-19(21(24)25)18-20(22(26)27)16-13-10-8-6-5-7-9-11-14-17-23/h3-4,8,10,15-16H,2,5-7,9,11-14,18H2,1H3/b4-3-,10-8-,19-15+,20-16+. The van der Waals surface area contributed by atoms with Crippen molar-refractivity contribution in [3.05, 3.63) is 68.1 Å². The van der Waals surface area contributed by atoms with Crippen LogP contribution in [0.2, 0.25) is 0 Å². The molecule has 0 saturated carbocycles. The van der Waals surface area contributed by atoms with Crippen LogP contribution in [0.3, 0.4) is 0 Å². The van der Waals surface area contributed by atoms with E-state index in [0.717, 1.165) is 38.5 Å². The maximum Gasteiger partial charge on any atom is 0.253 e. The summed E-state index contributed by atoms with van der Waals surface area (Å²) in [5.41, 5.74) is -0.317. The fourth-order valence-electron chi connectivity index (χ4n) is 2.31. The molecule has 0 atom stereocenters. The Morgan fingerprint density at radius 2 is 1.41 bits per heavy atom. The first-order valence-electron chi connectivity index (χ1n) is 9.34. The Labute approximate surface area is 160 Å². The van der Waals surface area contributed by atoms with Crippen LogP contribution in [0.25, 0.3) is 0 Å². The van der Waals surface area contributed by atoms with Crippen LogP contribution in [0.5, 0.6) is 0 Å². The van der Waals surface area contributed by atoms with Gasteiger partial charge in [0.05, 0.1) is 9.85 Å². The van der Waals surface area contributed by atoms with Gasteiger partial charge in [-0.25, -0.2) is 0 Å². The third-order valence-corrected chi connectivity index (χ3v) is 3.78. The van der Waals surface area contributed by atoms with Crippen LogP contribution in [-0.2, 0) is 4.79 Å². The minimum Gasteiger partial charge on any atom is -0.291 e. The van der Waals surface area contributed by atoms with Crippen molar-refractivity contribution >= 4 is 6.29 Å². The molecule has 0 aromatic rings. The average molecular weight is 377 g/mol. The molecule has 0 saturated heterocycles. The monoisotopic (exact) mass is 377 g/mol. The van der Waals surface area contributed by atoms with E-state index in [2.05, 4.69) is 0 Å². The van der Waals surface area contributed by atoms with Gasteiger partial charge < -0.3 is 0 Å². The molecular formula is C20H29N2O5. The number of hydrogen-bond donors (Lipinski definition) is 0. The SMILES string of the molecule is CC/C=C\C/C=C(\C/C(=C\C/C=C\CCCCCC[C]=O)[N+](=O)[O-])[N+](=O)[O-]. The summed E-state index contributed by atoms with van der Waals surface area (Å²) < 4.78 is 0. The van der Waals surface area contributed by atoms with E-state index in [1.807, 2.05) is 31.4 Å². The quantitative estimate of drug-likeness (QED) is 0.154. The van der Waals surface area contributed by atoms with Crippen LogP contribution < -0.4 is 0 Å². The van der Waals surface area contributed by atoms with E-state index in [4.69, 9.17) is 0 Å². The molecule has 1 radical (unpaired) electrons. The number of nitrogens with zero attached hydrogens (tertiary/aromatic N) is 2. The van der Waals surface area contributed by atoms with Crippen molar-refractivity contribution < 1.29 is 14.6 Å². The van der Waals surface area contributed by atoms with E-state index in [1.54, 1.807) is 6.08 Å². The second kappa shape index (κ2) is 16.9. The lowest BCUT2D eigenvalue weighted by Gasteiger charge is -1.98. The van der Waals surface area contributed by atoms with Gasteiger partial charge in [-0.05, 0) is 50.7 Å². The van der Waals surface area contributed by atoms with Crippen LogP contribution >= 0.6 is 0 Å². The maximum atomic E-state index is 11.1. The molecule has 0 rings (SSSR count). The Morgan fingerprint density at radius 1 is 0.852 bits per heavy atom. The normalized spacial score (nSPS) is 12.8. The van der Waals surface area contributed by atoms with Gasteiger partial charge in [0.15, 0.2) is 6.29 Å². The van der Waals surface area contributed by atoms with Crippen LogP contribution in [0.4, 0.5) is 0 Å². The van der Waals surface area contributed by atoms with Gasteiger partial charge in [0.25, 0.3) is 11.4 Å². The number of nitro groups is 2. The molecule has 7 nitrogen and oxygen atoms in total. The highest BCUT2D eigenvalue weighted by atomic mass is 16.6. The van der Waals surface area contributed by atoms with Gasteiger partial charge in [-0.2, -0.15) is 0 Å². The van der Waals surface area contributed by atoms with E-state index < -0.39 is 9.85 Å². The Balaban J connectivity index is 4.48. The third-order valence-electron chi connectivity index (χ3n) is 3.78. The molecule has 0 aromatic heterocycles. The topological polar surface area (TPSA) is 103 Å². The van der Waals surface area contributed by atoms with Crippen LogP contribution in [0.1, 0.15) is 71.1 Å². The van der Waals surface area contributed by atoms with Crippen LogP contribution in [-0.4, -0.2) is 16.1 Å². The van der Waals surface area contributed by atoms with Crippen molar-refractivity contribution in [2.24, 2.45) is 0 Å². The lowest BCUT2D eigenvalue weighted by Crippen LogP contribution is -2.06. The largest absolute Gasteiger partial charge is 0.291 e. The number of hydrogen-bond acceptors (Lipinski definition) is 5. The lowest BCUT2D eigenvalue weighted by molar-refractivity contribution is -0.450. The first-order valence-corrected chi connectivity index (χ1v) is 9.34. The molecular weight excluding hydrogens is 348 g/mol. The Hall–Kier alpha value is -2.57. The molecule has 0 fully saturated rings. The summed E-state index contributed by atoms with van der Waals surface area (Å²) in [4.78, 5) is 31.2. The molecule has 0 spiro atoms. The summed E-state index contributed by atoms with van der Waals surface area (Å²) in [6.45, 7) is 1.96. The summed E-state index contributed by atoms with van der Waals surface area (Å²) in [7, 11) is 0. The van der Waals surface area contributed by atoms with Crippen molar-refractivity contribution in [2.75, 3.05) is 0 Å². The van der Waals surface area contributed by atoms with E-state index in [-0.39, 0.29) is 17.8 Å². The molecule has 0 aliphatic carbocycles. The summed E-state index contributed by atoms with van der Waals surface area (Å²) in [6.07, 6.45) is 18.8. The van der Waals surface area contributed by atoms with Gasteiger partial charge in [-0.15, -0.1) is 0 Å². The predicted octanol–water partition coefficient (Wildman–Crippen LogP) is 5.45. The molecule has 0 bridgehead atoms. The predicted molar refractivity (Wildman–Crippen MR) is 106 cm³/mol. The highest BCUT2D eigenvalue weighted by Crippen LogP contribution is 2.15. The van der Waals surface area contributed by atoms with Crippen molar-refractivity contribution in [1.82, 2.24) is 0 Å². The van der Waals surface area contributed by atoms with Crippen molar-refractivity contribution in [1.29, 1.82) is 0 Å². The van der Waals surface area contributed by atoms with E-state index in [0.29, 0.717) is 19.3 Å². The van der Waals surface area contributed by atoms with Crippen LogP contribution in [0.15, 0.2) is 47.9 Å². The molecule has 0 aliphatic heterocycles. The van der Waals surface area contributed by atoms with E-state index >= 15 is 0 Å².